The lowest BCUT2D eigenvalue weighted by atomic mass is 9.97. The highest BCUT2D eigenvalue weighted by Crippen LogP contribution is 2.18. The van der Waals surface area contributed by atoms with Gasteiger partial charge in [0.15, 0.2) is 11.8 Å². The van der Waals surface area contributed by atoms with Crippen LogP contribution in [0.3, 0.4) is 0 Å². The molecule has 0 amide bonds. The number of halogens is 1. The van der Waals surface area contributed by atoms with E-state index in [1.165, 1.54) is 7.11 Å². The van der Waals surface area contributed by atoms with Crippen LogP contribution in [0.15, 0.2) is 9.52 Å². The van der Waals surface area contributed by atoms with Crippen LogP contribution in [0.4, 0.5) is 0 Å². The van der Waals surface area contributed by atoms with Crippen molar-refractivity contribution in [2.75, 3.05) is 33.8 Å². The summed E-state index contributed by atoms with van der Waals surface area (Å²) in [7, 11) is 3.20. The number of methoxy groups -OCH3 is 1. The number of nitrogens with one attached hydrogen (secondary N) is 1. The second-order valence-corrected chi connectivity index (χ2v) is 6.21. The maximum absolute atomic E-state index is 11.6. The van der Waals surface area contributed by atoms with Gasteiger partial charge in [-0.2, -0.15) is 4.98 Å². The first-order chi connectivity index (χ1) is 11.5. The minimum atomic E-state index is -0.116. The molecule has 0 radical (unpaired) electrons. The van der Waals surface area contributed by atoms with E-state index in [1.807, 2.05) is 13.8 Å². The molecule has 0 saturated carbocycles. The predicted molar refractivity (Wildman–Crippen MR) is 105 cm³/mol. The molecule has 1 aromatic rings. The fourth-order valence-corrected chi connectivity index (χ4v) is 2.71. The maximum atomic E-state index is 11.6. The van der Waals surface area contributed by atoms with E-state index in [0.717, 1.165) is 37.7 Å². The van der Waals surface area contributed by atoms with Crippen molar-refractivity contribution in [2.24, 2.45) is 10.9 Å². The van der Waals surface area contributed by atoms with Crippen LogP contribution in [0.25, 0.3) is 0 Å². The highest BCUT2D eigenvalue weighted by atomic mass is 127. The summed E-state index contributed by atoms with van der Waals surface area (Å²) in [4.78, 5) is 22.4. The monoisotopic (exact) mass is 465 g/mol. The van der Waals surface area contributed by atoms with Crippen molar-refractivity contribution in [2.45, 2.75) is 39.0 Å². The van der Waals surface area contributed by atoms with Gasteiger partial charge in [-0.05, 0) is 12.8 Å². The number of likely N-dealkylation sites (tertiary alicyclic amines) is 1. The summed E-state index contributed by atoms with van der Waals surface area (Å²) in [5.41, 5.74) is 0. The molecule has 8 nitrogen and oxygen atoms in total. The first kappa shape index (κ1) is 21.7. The number of carbonyl (C=O) groups excluding carboxylic acids is 1. The minimum absolute atomic E-state index is 0. The zero-order valence-corrected chi connectivity index (χ0v) is 17.6. The van der Waals surface area contributed by atoms with E-state index in [0.29, 0.717) is 18.9 Å². The van der Waals surface area contributed by atoms with Crippen molar-refractivity contribution in [1.29, 1.82) is 0 Å². The number of carbonyl (C=O) groups is 1. The first-order valence-electron chi connectivity index (χ1n) is 8.41. The number of aliphatic imine (C=N–C) groups is 1. The van der Waals surface area contributed by atoms with Gasteiger partial charge in [0.1, 0.15) is 0 Å². The summed E-state index contributed by atoms with van der Waals surface area (Å²) < 4.78 is 10.1. The zero-order chi connectivity index (χ0) is 17.5. The molecule has 0 aliphatic carbocycles. The molecular formula is C16H28IN5O3. The van der Waals surface area contributed by atoms with Crippen LogP contribution >= 0.6 is 24.0 Å². The van der Waals surface area contributed by atoms with Crippen molar-refractivity contribution in [3.63, 3.8) is 0 Å². The van der Waals surface area contributed by atoms with Crippen molar-refractivity contribution < 1.29 is 14.1 Å². The van der Waals surface area contributed by atoms with Crippen LogP contribution in [-0.4, -0.2) is 60.8 Å². The Morgan fingerprint density at radius 3 is 2.64 bits per heavy atom. The fourth-order valence-electron chi connectivity index (χ4n) is 2.71. The second kappa shape index (κ2) is 10.6. The highest BCUT2D eigenvalue weighted by molar-refractivity contribution is 14.0. The van der Waals surface area contributed by atoms with Crippen LogP contribution in [0.2, 0.25) is 0 Å². The molecule has 2 rings (SSSR count). The standard InChI is InChI=1S/C16H27N5O3.HI/c1-11(2)14-19-13(24-20-14)5-8-18-16(17-3)21-9-6-12(7-10-21)15(22)23-4;/h11-12H,5-10H2,1-4H3,(H,17,18);1H. The molecule has 142 valence electrons. The van der Waals surface area contributed by atoms with E-state index in [1.54, 1.807) is 7.05 Å². The average molecular weight is 465 g/mol. The van der Waals surface area contributed by atoms with E-state index < -0.39 is 0 Å². The molecule has 1 aromatic heterocycles. The van der Waals surface area contributed by atoms with E-state index in [4.69, 9.17) is 9.26 Å². The summed E-state index contributed by atoms with van der Waals surface area (Å²) in [6.45, 7) is 6.32. The van der Waals surface area contributed by atoms with Gasteiger partial charge < -0.3 is 19.5 Å². The van der Waals surface area contributed by atoms with Gasteiger partial charge in [-0.3, -0.25) is 9.79 Å². The number of nitrogens with zero attached hydrogens (tertiary/aromatic N) is 4. The van der Waals surface area contributed by atoms with Gasteiger partial charge >= 0.3 is 5.97 Å². The predicted octanol–water partition coefficient (Wildman–Crippen LogP) is 1.81. The van der Waals surface area contributed by atoms with Gasteiger partial charge in [-0.25, -0.2) is 0 Å². The molecule has 2 heterocycles. The molecule has 0 unspecified atom stereocenters. The van der Waals surface area contributed by atoms with E-state index >= 15 is 0 Å². The molecule has 9 heteroatoms. The summed E-state index contributed by atoms with van der Waals surface area (Å²) in [5.74, 6) is 2.35. The van der Waals surface area contributed by atoms with Crippen molar-refractivity contribution >= 4 is 35.9 Å². The van der Waals surface area contributed by atoms with E-state index in [-0.39, 0.29) is 41.8 Å². The topological polar surface area (TPSA) is 92.9 Å². The van der Waals surface area contributed by atoms with Crippen LogP contribution < -0.4 is 5.32 Å². The van der Waals surface area contributed by atoms with Gasteiger partial charge in [0.2, 0.25) is 5.89 Å². The molecule has 0 bridgehead atoms. The van der Waals surface area contributed by atoms with Gasteiger partial charge in [-0.15, -0.1) is 24.0 Å². The number of hydrogen-bond donors (Lipinski definition) is 1. The van der Waals surface area contributed by atoms with Crippen LogP contribution in [0, 0.1) is 5.92 Å². The largest absolute Gasteiger partial charge is 0.469 e. The molecule has 0 spiro atoms. The Morgan fingerprint density at radius 1 is 1.44 bits per heavy atom. The van der Waals surface area contributed by atoms with Gasteiger partial charge in [0.05, 0.1) is 13.0 Å². The van der Waals surface area contributed by atoms with Crippen molar-refractivity contribution in [3.05, 3.63) is 11.7 Å². The minimum Gasteiger partial charge on any atom is -0.469 e. The molecule has 1 aliphatic heterocycles. The summed E-state index contributed by atoms with van der Waals surface area (Å²) in [5, 5.41) is 7.27. The Kier molecular flexibility index (Phi) is 9.15. The van der Waals surface area contributed by atoms with Crippen LogP contribution in [0.1, 0.15) is 44.3 Å². The Balaban J connectivity index is 0.00000312. The van der Waals surface area contributed by atoms with Crippen LogP contribution in [0.5, 0.6) is 0 Å². The lowest BCUT2D eigenvalue weighted by molar-refractivity contribution is -0.146. The summed E-state index contributed by atoms with van der Waals surface area (Å²) >= 11 is 0. The molecule has 0 aromatic carbocycles. The molecule has 1 aliphatic rings. The lowest BCUT2D eigenvalue weighted by Crippen LogP contribution is -2.47. The number of piperidine rings is 1. The van der Waals surface area contributed by atoms with E-state index in [9.17, 15) is 4.79 Å². The molecule has 1 N–H and O–H groups in total. The van der Waals surface area contributed by atoms with Gasteiger partial charge in [0, 0.05) is 39.0 Å². The molecule has 1 saturated heterocycles. The number of aromatic nitrogens is 2. The van der Waals surface area contributed by atoms with Crippen molar-refractivity contribution in [1.82, 2.24) is 20.4 Å². The van der Waals surface area contributed by atoms with Crippen LogP contribution in [-0.2, 0) is 16.0 Å². The second-order valence-electron chi connectivity index (χ2n) is 6.21. The zero-order valence-electron chi connectivity index (χ0n) is 15.3. The molecular weight excluding hydrogens is 437 g/mol. The fraction of sp³-hybridized carbons (Fsp3) is 0.750. The number of hydrogen-bond acceptors (Lipinski definition) is 6. The number of ether oxygens (including phenoxy) is 1. The van der Waals surface area contributed by atoms with E-state index in [2.05, 4.69) is 25.3 Å². The van der Waals surface area contributed by atoms with Gasteiger partial charge in [0.25, 0.3) is 0 Å². The number of esters is 1. The third-order valence-electron chi connectivity index (χ3n) is 4.16. The average Bonchev–Trinajstić information content (AvgIpc) is 3.07. The quantitative estimate of drug-likeness (QED) is 0.307. The molecule has 25 heavy (non-hydrogen) atoms. The summed E-state index contributed by atoms with van der Waals surface area (Å²) in [6, 6.07) is 0. The summed E-state index contributed by atoms with van der Waals surface area (Å²) in [6.07, 6.45) is 2.22. The maximum Gasteiger partial charge on any atom is 0.308 e. The Morgan fingerprint density at radius 2 is 2.12 bits per heavy atom. The normalized spacial score (nSPS) is 15.9. The number of rotatable bonds is 5. The SMILES string of the molecule is CN=C(NCCc1nc(C(C)C)no1)N1CCC(C(=O)OC)CC1.I. The van der Waals surface area contributed by atoms with Crippen molar-refractivity contribution in [3.8, 4) is 0 Å². The third kappa shape index (κ3) is 6.12. The first-order valence-corrected chi connectivity index (χ1v) is 8.41. The number of guanidine groups is 1. The van der Waals surface area contributed by atoms with Gasteiger partial charge in [-0.1, -0.05) is 19.0 Å². The smallest absolute Gasteiger partial charge is 0.308 e. The third-order valence-corrected chi connectivity index (χ3v) is 4.16. The Labute approximate surface area is 165 Å². The molecule has 1 fully saturated rings. The Bertz CT molecular complexity index is 568. The molecule has 0 atom stereocenters. The lowest BCUT2D eigenvalue weighted by Gasteiger charge is -2.33. The Hall–Kier alpha value is -1.39. The highest BCUT2D eigenvalue weighted by Gasteiger charge is 2.26.